The second-order valence-electron chi connectivity index (χ2n) is 6.45. The number of allylic oxidation sites excluding steroid dienone is 1. The first-order chi connectivity index (χ1) is 12.1. The summed E-state index contributed by atoms with van der Waals surface area (Å²) in [7, 11) is 1.77. The number of likely N-dealkylation sites (N-methyl/N-ethyl adjacent to an activating group) is 1. The van der Waals surface area contributed by atoms with Gasteiger partial charge in [-0.3, -0.25) is 9.69 Å². The second kappa shape index (κ2) is 9.99. The van der Waals surface area contributed by atoms with Gasteiger partial charge in [-0.15, -0.1) is 0 Å². The van der Waals surface area contributed by atoms with Gasteiger partial charge in [0, 0.05) is 20.0 Å². The largest absolute Gasteiger partial charge is 0.356 e. The highest BCUT2D eigenvalue weighted by atomic mass is 16.5. The first-order valence-corrected chi connectivity index (χ1v) is 8.96. The van der Waals surface area contributed by atoms with Crippen LogP contribution in [0, 0.1) is 0 Å². The minimum atomic E-state index is -0.122. The lowest BCUT2D eigenvalue weighted by atomic mass is 10.1. The number of hydrogen-bond acceptors (Lipinski definition) is 3. The van der Waals surface area contributed by atoms with E-state index < -0.39 is 0 Å². The molecule has 1 aromatic carbocycles. The van der Waals surface area contributed by atoms with Crippen molar-refractivity contribution in [2.24, 2.45) is 0 Å². The highest BCUT2D eigenvalue weighted by Crippen LogP contribution is 2.16. The number of carbonyl (C=O) groups excluding carboxylic acids is 2. The van der Waals surface area contributed by atoms with Crippen molar-refractivity contribution in [3.05, 3.63) is 48.0 Å². The first kappa shape index (κ1) is 19.2. The summed E-state index contributed by atoms with van der Waals surface area (Å²) in [5.41, 5.74) is 1.07. The summed E-state index contributed by atoms with van der Waals surface area (Å²) in [5, 5.41) is 0. The fourth-order valence-corrected chi connectivity index (χ4v) is 2.82. The maximum Gasteiger partial charge on any atom is 0.322 e. The van der Waals surface area contributed by atoms with Crippen molar-refractivity contribution in [3.8, 4) is 0 Å². The van der Waals surface area contributed by atoms with Crippen LogP contribution in [-0.4, -0.2) is 48.0 Å². The number of ether oxygens (including phenoxy) is 1. The van der Waals surface area contributed by atoms with Crippen LogP contribution in [-0.2, 0) is 16.1 Å². The smallest absolute Gasteiger partial charge is 0.322 e. The molecule has 1 aliphatic heterocycles. The van der Waals surface area contributed by atoms with Gasteiger partial charge in [-0.2, -0.15) is 0 Å². The summed E-state index contributed by atoms with van der Waals surface area (Å²) in [5.74, 6) is 0.126. The van der Waals surface area contributed by atoms with E-state index in [0.717, 1.165) is 24.8 Å². The number of unbranched alkanes of at least 4 members (excludes halogenated alkanes) is 2. The number of carbonyl (C=O) groups is 2. The summed E-state index contributed by atoms with van der Waals surface area (Å²) in [4.78, 5) is 27.5. The Morgan fingerprint density at radius 1 is 1.28 bits per heavy atom. The van der Waals surface area contributed by atoms with Crippen molar-refractivity contribution in [2.45, 2.75) is 45.3 Å². The topological polar surface area (TPSA) is 49.9 Å². The summed E-state index contributed by atoms with van der Waals surface area (Å²) < 4.78 is 5.70. The number of hydrogen-bond donors (Lipinski definition) is 0. The Bertz CT molecular complexity index is 586. The number of urea groups is 1. The molecule has 5 heteroatoms. The Balaban J connectivity index is 1.85. The Morgan fingerprint density at radius 3 is 2.76 bits per heavy atom. The number of ketones is 1. The number of rotatable bonds is 10. The molecule has 1 unspecified atom stereocenters. The second-order valence-corrected chi connectivity index (χ2v) is 6.45. The SMILES string of the molecule is CCCCCC(=O)C=CC1CN(C)C(=O)N1COCc1ccccc1. The van der Waals surface area contributed by atoms with Crippen molar-refractivity contribution in [3.63, 3.8) is 0 Å². The molecule has 0 saturated carbocycles. The monoisotopic (exact) mass is 344 g/mol. The molecule has 5 nitrogen and oxygen atoms in total. The Morgan fingerprint density at radius 2 is 2.04 bits per heavy atom. The average Bonchev–Trinajstić information content (AvgIpc) is 2.89. The third-order valence-electron chi connectivity index (χ3n) is 4.31. The molecule has 0 N–H and O–H groups in total. The van der Waals surface area contributed by atoms with Crippen LogP contribution in [0.5, 0.6) is 0 Å². The standard InChI is InChI=1S/C20H28N2O3/c1-3-4-6-11-19(23)13-12-18-14-21(2)20(24)22(18)16-25-15-17-9-7-5-8-10-17/h5,7-10,12-13,18H,3-4,6,11,14-16H2,1-2H3. The van der Waals surface area contributed by atoms with Crippen LogP contribution in [0.15, 0.2) is 42.5 Å². The highest BCUT2D eigenvalue weighted by Gasteiger charge is 2.33. The molecule has 0 aromatic heterocycles. The fraction of sp³-hybridized carbons (Fsp3) is 0.500. The molecule has 1 aliphatic rings. The quantitative estimate of drug-likeness (QED) is 0.481. The van der Waals surface area contributed by atoms with Crippen molar-refractivity contribution in [1.29, 1.82) is 0 Å². The number of amides is 2. The Labute approximate surface area is 150 Å². The van der Waals surface area contributed by atoms with Crippen molar-refractivity contribution in [1.82, 2.24) is 9.80 Å². The van der Waals surface area contributed by atoms with Crippen LogP contribution < -0.4 is 0 Å². The molecular weight excluding hydrogens is 316 g/mol. The van der Waals surface area contributed by atoms with Crippen LogP contribution in [0.1, 0.15) is 38.2 Å². The van der Waals surface area contributed by atoms with E-state index in [2.05, 4.69) is 6.92 Å². The number of nitrogens with zero attached hydrogens (tertiary/aromatic N) is 2. The van der Waals surface area contributed by atoms with Gasteiger partial charge in [-0.25, -0.2) is 4.79 Å². The lowest BCUT2D eigenvalue weighted by Gasteiger charge is -2.20. The zero-order valence-electron chi connectivity index (χ0n) is 15.2. The van der Waals surface area contributed by atoms with Gasteiger partial charge in [0.05, 0.1) is 12.6 Å². The van der Waals surface area contributed by atoms with Gasteiger partial charge < -0.3 is 9.64 Å². The molecule has 1 saturated heterocycles. The summed E-state index contributed by atoms with van der Waals surface area (Å²) in [6.45, 7) is 3.37. The van der Waals surface area contributed by atoms with Crippen molar-refractivity contribution in [2.75, 3.05) is 20.3 Å². The molecule has 136 valence electrons. The van der Waals surface area contributed by atoms with Crippen LogP contribution in [0.3, 0.4) is 0 Å². The molecule has 1 aromatic rings. The molecule has 1 atom stereocenters. The first-order valence-electron chi connectivity index (χ1n) is 8.96. The minimum absolute atomic E-state index is 0.0684. The third-order valence-corrected chi connectivity index (χ3v) is 4.31. The average molecular weight is 344 g/mol. The van der Waals surface area contributed by atoms with E-state index in [-0.39, 0.29) is 24.6 Å². The van der Waals surface area contributed by atoms with E-state index in [1.165, 1.54) is 0 Å². The zero-order valence-corrected chi connectivity index (χ0v) is 15.2. The molecule has 1 fully saturated rings. The van der Waals surface area contributed by atoms with E-state index in [4.69, 9.17) is 4.74 Å². The molecule has 0 bridgehead atoms. The van der Waals surface area contributed by atoms with Crippen LogP contribution in [0.25, 0.3) is 0 Å². The predicted molar refractivity (Wildman–Crippen MR) is 98.0 cm³/mol. The van der Waals surface area contributed by atoms with Gasteiger partial charge in [0.2, 0.25) is 0 Å². The Kier molecular flexibility index (Phi) is 7.67. The van der Waals surface area contributed by atoms with E-state index in [0.29, 0.717) is 19.6 Å². The molecule has 25 heavy (non-hydrogen) atoms. The van der Waals surface area contributed by atoms with Crippen molar-refractivity contribution >= 4 is 11.8 Å². The lowest BCUT2D eigenvalue weighted by molar-refractivity contribution is -0.114. The van der Waals surface area contributed by atoms with Gasteiger partial charge in [0.25, 0.3) is 0 Å². The van der Waals surface area contributed by atoms with Crippen LogP contribution in [0.2, 0.25) is 0 Å². The fourth-order valence-electron chi connectivity index (χ4n) is 2.82. The maximum absolute atomic E-state index is 12.3. The van der Waals surface area contributed by atoms with Gasteiger partial charge in [0.1, 0.15) is 6.73 Å². The van der Waals surface area contributed by atoms with Gasteiger partial charge in [0.15, 0.2) is 5.78 Å². The molecule has 2 rings (SSSR count). The molecule has 2 amide bonds. The predicted octanol–water partition coefficient (Wildman–Crippen LogP) is 3.60. The number of benzene rings is 1. The van der Waals surface area contributed by atoms with Crippen molar-refractivity contribution < 1.29 is 14.3 Å². The Hall–Kier alpha value is -2.14. The third kappa shape index (κ3) is 6.02. The van der Waals surface area contributed by atoms with Gasteiger partial charge in [-0.1, -0.05) is 56.2 Å². The van der Waals surface area contributed by atoms with E-state index in [1.54, 1.807) is 22.9 Å². The maximum atomic E-state index is 12.3. The van der Waals surface area contributed by atoms with E-state index in [1.807, 2.05) is 36.4 Å². The summed E-state index contributed by atoms with van der Waals surface area (Å²) >= 11 is 0. The minimum Gasteiger partial charge on any atom is -0.356 e. The molecular formula is C20H28N2O3. The summed E-state index contributed by atoms with van der Waals surface area (Å²) in [6.07, 6.45) is 7.13. The summed E-state index contributed by atoms with van der Waals surface area (Å²) in [6, 6.07) is 9.67. The lowest BCUT2D eigenvalue weighted by Crippen LogP contribution is -2.35. The normalized spacial score (nSPS) is 17.7. The molecule has 0 aliphatic carbocycles. The van der Waals surface area contributed by atoms with Crippen LogP contribution >= 0.6 is 0 Å². The molecule has 0 spiro atoms. The van der Waals surface area contributed by atoms with E-state index in [9.17, 15) is 9.59 Å². The highest BCUT2D eigenvalue weighted by molar-refractivity contribution is 5.89. The van der Waals surface area contributed by atoms with Gasteiger partial charge >= 0.3 is 6.03 Å². The van der Waals surface area contributed by atoms with Gasteiger partial charge in [-0.05, 0) is 18.1 Å². The molecule has 1 heterocycles. The zero-order chi connectivity index (χ0) is 18.1. The van der Waals surface area contributed by atoms with Crippen LogP contribution in [0.4, 0.5) is 4.79 Å². The van der Waals surface area contributed by atoms with E-state index >= 15 is 0 Å². The molecule has 0 radical (unpaired) electrons.